The Hall–Kier alpha value is -1.11. The van der Waals surface area contributed by atoms with E-state index in [0.29, 0.717) is 19.2 Å². The molecule has 0 spiro atoms. The van der Waals surface area contributed by atoms with Crippen molar-refractivity contribution in [2.45, 2.75) is 25.9 Å². The summed E-state index contributed by atoms with van der Waals surface area (Å²) in [5.74, 6) is 0. The quantitative estimate of drug-likeness (QED) is 0.804. The van der Waals surface area contributed by atoms with Gasteiger partial charge in [-0.15, -0.1) is 0 Å². The van der Waals surface area contributed by atoms with E-state index in [9.17, 15) is 4.79 Å². The largest absolute Gasteiger partial charge is 0.383 e. The monoisotopic (exact) mass is 300 g/mol. The minimum absolute atomic E-state index is 0.247. The summed E-state index contributed by atoms with van der Waals surface area (Å²) in [7, 11) is 1.59. The standard InChI is InChI=1S/C13H21ClN4O2/c1-3-4-17(10-7-15-8-10)11-9-16-18(5-6-20-2)13(19)12(11)14/h9-10,15H,3-8H2,1-2H3. The van der Waals surface area contributed by atoms with Crippen molar-refractivity contribution < 1.29 is 4.74 Å². The van der Waals surface area contributed by atoms with Gasteiger partial charge in [-0.1, -0.05) is 18.5 Å². The molecule has 6 nitrogen and oxygen atoms in total. The van der Waals surface area contributed by atoms with Gasteiger partial charge in [0.15, 0.2) is 0 Å². The lowest BCUT2D eigenvalue weighted by Gasteiger charge is -2.39. The highest BCUT2D eigenvalue weighted by molar-refractivity contribution is 6.33. The molecule has 0 aliphatic carbocycles. The third-order valence-corrected chi connectivity index (χ3v) is 3.80. The Balaban J connectivity index is 2.26. The van der Waals surface area contributed by atoms with Crippen LogP contribution in [0.1, 0.15) is 13.3 Å². The summed E-state index contributed by atoms with van der Waals surface area (Å²) < 4.78 is 6.31. The maximum atomic E-state index is 12.2. The zero-order valence-electron chi connectivity index (χ0n) is 11.9. The number of methoxy groups -OCH3 is 1. The van der Waals surface area contributed by atoms with Crippen molar-refractivity contribution in [3.63, 3.8) is 0 Å². The molecule has 0 unspecified atom stereocenters. The molecular weight excluding hydrogens is 280 g/mol. The van der Waals surface area contributed by atoms with E-state index in [0.717, 1.165) is 31.7 Å². The molecule has 2 heterocycles. The number of aromatic nitrogens is 2. The topological polar surface area (TPSA) is 59.4 Å². The maximum absolute atomic E-state index is 12.2. The smallest absolute Gasteiger partial charge is 0.287 e. The number of nitrogens with zero attached hydrogens (tertiary/aromatic N) is 3. The van der Waals surface area contributed by atoms with Crippen LogP contribution in [0, 0.1) is 0 Å². The summed E-state index contributed by atoms with van der Waals surface area (Å²) in [6, 6.07) is 0.392. The van der Waals surface area contributed by atoms with E-state index in [4.69, 9.17) is 16.3 Å². The van der Waals surface area contributed by atoms with Gasteiger partial charge in [0.1, 0.15) is 5.02 Å². The number of hydrogen-bond acceptors (Lipinski definition) is 5. The zero-order chi connectivity index (χ0) is 14.5. The van der Waals surface area contributed by atoms with Gasteiger partial charge in [0.25, 0.3) is 5.56 Å². The van der Waals surface area contributed by atoms with Gasteiger partial charge < -0.3 is 15.0 Å². The lowest BCUT2D eigenvalue weighted by molar-refractivity contribution is 0.182. The first-order valence-electron chi connectivity index (χ1n) is 6.91. The van der Waals surface area contributed by atoms with Crippen molar-refractivity contribution in [2.75, 3.05) is 38.3 Å². The average Bonchev–Trinajstić information content (AvgIpc) is 2.38. The summed E-state index contributed by atoms with van der Waals surface area (Å²) >= 11 is 6.26. The molecule has 1 aliphatic heterocycles. The first-order valence-corrected chi connectivity index (χ1v) is 7.28. The highest BCUT2D eigenvalue weighted by atomic mass is 35.5. The third-order valence-electron chi connectivity index (χ3n) is 3.45. The Morgan fingerprint density at radius 3 is 2.90 bits per heavy atom. The Morgan fingerprint density at radius 1 is 1.60 bits per heavy atom. The van der Waals surface area contributed by atoms with E-state index in [1.807, 2.05) is 0 Å². The number of halogens is 1. The molecule has 0 amide bonds. The summed E-state index contributed by atoms with van der Waals surface area (Å²) in [6.07, 6.45) is 2.69. The molecule has 0 aromatic carbocycles. The highest BCUT2D eigenvalue weighted by Crippen LogP contribution is 2.24. The summed E-state index contributed by atoms with van der Waals surface area (Å²) in [4.78, 5) is 14.4. The molecule has 0 atom stereocenters. The molecule has 7 heteroatoms. The maximum Gasteiger partial charge on any atom is 0.287 e. The first-order chi connectivity index (χ1) is 9.69. The Bertz CT molecular complexity index is 502. The lowest BCUT2D eigenvalue weighted by Crippen LogP contribution is -2.58. The summed E-state index contributed by atoms with van der Waals surface area (Å²) in [6.45, 7) is 5.67. The molecule has 1 N–H and O–H groups in total. The van der Waals surface area contributed by atoms with Gasteiger partial charge in [0.2, 0.25) is 0 Å². The van der Waals surface area contributed by atoms with Gasteiger partial charge in [-0.05, 0) is 6.42 Å². The minimum Gasteiger partial charge on any atom is -0.383 e. The van der Waals surface area contributed by atoms with Gasteiger partial charge in [0, 0.05) is 26.7 Å². The van der Waals surface area contributed by atoms with Crippen LogP contribution >= 0.6 is 11.6 Å². The molecule has 0 bridgehead atoms. The van der Waals surface area contributed by atoms with Crippen molar-refractivity contribution in [1.29, 1.82) is 0 Å². The number of rotatable bonds is 7. The number of hydrogen-bond donors (Lipinski definition) is 1. The van der Waals surface area contributed by atoms with E-state index < -0.39 is 0 Å². The van der Waals surface area contributed by atoms with Crippen molar-refractivity contribution in [3.05, 3.63) is 21.6 Å². The third kappa shape index (κ3) is 3.13. The van der Waals surface area contributed by atoms with E-state index in [2.05, 4.69) is 22.2 Å². The van der Waals surface area contributed by atoms with Gasteiger partial charge in [-0.2, -0.15) is 5.10 Å². The predicted octanol–water partition coefficient (Wildman–Crippen LogP) is 0.731. The summed E-state index contributed by atoms with van der Waals surface area (Å²) in [5.41, 5.74) is 0.480. The van der Waals surface area contributed by atoms with Crippen LogP contribution in [0.5, 0.6) is 0 Å². The Morgan fingerprint density at radius 2 is 2.35 bits per heavy atom. The molecule has 0 saturated carbocycles. The first kappa shape index (κ1) is 15.3. The fourth-order valence-electron chi connectivity index (χ4n) is 2.23. The molecule has 0 radical (unpaired) electrons. The predicted molar refractivity (Wildman–Crippen MR) is 79.7 cm³/mol. The molecule has 1 aromatic rings. The van der Waals surface area contributed by atoms with Crippen LogP contribution in [0.3, 0.4) is 0 Å². The normalized spacial score (nSPS) is 15.2. The van der Waals surface area contributed by atoms with Gasteiger partial charge in [-0.25, -0.2) is 4.68 Å². The molecule has 1 fully saturated rings. The van der Waals surface area contributed by atoms with E-state index >= 15 is 0 Å². The molecule has 1 aliphatic rings. The molecule has 1 saturated heterocycles. The van der Waals surface area contributed by atoms with Gasteiger partial charge in [0.05, 0.1) is 31.1 Å². The zero-order valence-corrected chi connectivity index (χ0v) is 12.7. The molecule has 112 valence electrons. The van der Waals surface area contributed by atoms with E-state index in [1.165, 1.54) is 4.68 Å². The second-order valence-electron chi connectivity index (χ2n) is 4.87. The number of anilines is 1. The van der Waals surface area contributed by atoms with Crippen LogP contribution < -0.4 is 15.8 Å². The second kappa shape index (κ2) is 7.06. The Kier molecular flexibility index (Phi) is 5.39. The van der Waals surface area contributed by atoms with Crippen LogP contribution in [0.4, 0.5) is 5.69 Å². The van der Waals surface area contributed by atoms with E-state index in [1.54, 1.807) is 13.3 Å². The average molecular weight is 301 g/mol. The minimum atomic E-state index is -0.255. The van der Waals surface area contributed by atoms with Crippen molar-refractivity contribution in [1.82, 2.24) is 15.1 Å². The van der Waals surface area contributed by atoms with Crippen LogP contribution in [-0.2, 0) is 11.3 Å². The van der Waals surface area contributed by atoms with Crippen LogP contribution in [0.25, 0.3) is 0 Å². The number of nitrogens with one attached hydrogen (secondary N) is 1. The molecule has 2 rings (SSSR count). The highest BCUT2D eigenvalue weighted by Gasteiger charge is 2.27. The van der Waals surface area contributed by atoms with Crippen molar-refractivity contribution in [3.8, 4) is 0 Å². The van der Waals surface area contributed by atoms with Crippen LogP contribution in [0.15, 0.2) is 11.0 Å². The molecule has 1 aromatic heterocycles. The second-order valence-corrected chi connectivity index (χ2v) is 5.25. The van der Waals surface area contributed by atoms with Gasteiger partial charge in [-0.3, -0.25) is 4.79 Å². The lowest BCUT2D eigenvalue weighted by atomic mass is 10.1. The summed E-state index contributed by atoms with van der Waals surface area (Å²) in [5, 5.41) is 7.68. The SMILES string of the molecule is CCCN(c1cnn(CCOC)c(=O)c1Cl)C1CNC1. The van der Waals surface area contributed by atoms with Crippen LogP contribution in [0.2, 0.25) is 5.02 Å². The van der Waals surface area contributed by atoms with Gasteiger partial charge >= 0.3 is 0 Å². The Labute approximate surface area is 123 Å². The fraction of sp³-hybridized carbons (Fsp3) is 0.692. The van der Waals surface area contributed by atoms with Crippen LogP contribution in [-0.4, -0.2) is 49.2 Å². The fourth-order valence-corrected chi connectivity index (χ4v) is 2.48. The number of ether oxygens (including phenoxy) is 1. The van der Waals surface area contributed by atoms with E-state index in [-0.39, 0.29) is 10.6 Å². The van der Waals surface area contributed by atoms with Crippen molar-refractivity contribution in [2.24, 2.45) is 0 Å². The molecule has 20 heavy (non-hydrogen) atoms. The molecular formula is C13H21ClN4O2. The van der Waals surface area contributed by atoms with Crippen molar-refractivity contribution >= 4 is 17.3 Å².